The van der Waals surface area contributed by atoms with Gasteiger partial charge in [-0.3, -0.25) is 4.79 Å². The number of ether oxygens (including phenoxy) is 1. The van der Waals surface area contributed by atoms with Crippen LogP contribution < -0.4 is 5.32 Å². The molecule has 0 bridgehead atoms. The highest BCUT2D eigenvalue weighted by Crippen LogP contribution is 2.15. The first-order valence-corrected chi connectivity index (χ1v) is 7.37. The van der Waals surface area contributed by atoms with Gasteiger partial charge in [0.05, 0.1) is 13.0 Å². The highest BCUT2D eigenvalue weighted by Gasteiger charge is 2.20. The van der Waals surface area contributed by atoms with Crippen molar-refractivity contribution in [2.45, 2.75) is 13.3 Å². The number of hydrogen-bond acceptors (Lipinski definition) is 5. The molecule has 0 amide bonds. The van der Waals surface area contributed by atoms with E-state index in [0.717, 1.165) is 11.1 Å². The van der Waals surface area contributed by atoms with Crippen molar-refractivity contribution in [3.05, 3.63) is 59.3 Å². The maximum Gasteiger partial charge on any atom is 0.310 e. The van der Waals surface area contributed by atoms with E-state index in [-0.39, 0.29) is 11.9 Å². The van der Waals surface area contributed by atoms with Crippen LogP contribution in [0.4, 0.5) is 5.82 Å². The Hall–Kier alpha value is -2.87. The van der Waals surface area contributed by atoms with E-state index >= 15 is 0 Å². The van der Waals surface area contributed by atoms with Crippen LogP contribution in [-0.2, 0) is 16.0 Å². The standard InChI is InChI=1S/C18H19N3O2/c1-13-6-3-4-7-14(13)10-15(18(22)23-2)12-20-17-9-5-8-16(11-19)21-17/h3-9,15H,10,12H2,1-2H3,(H,20,21). The summed E-state index contributed by atoms with van der Waals surface area (Å²) in [5.74, 6) is -0.0198. The van der Waals surface area contributed by atoms with Gasteiger partial charge in [0.25, 0.3) is 0 Å². The molecule has 5 heteroatoms. The third-order valence-electron chi connectivity index (χ3n) is 3.66. The lowest BCUT2D eigenvalue weighted by atomic mass is 9.96. The number of nitrogens with zero attached hydrogens (tertiary/aromatic N) is 2. The van der Waals surface area contributed by atoms with E-state index in [4.69, 9.17) is 10.00 Å². The number of methoxy groups -OCH3 is 1. The minimum Gasteiger partial charge on any atom is -0.469 e. The van der Waals surface area contributed by atoms with Gasteiger partial charge in [-0.25, -0.2) is 4.98 Å². The average Bonchev–Trinajstić information content (AvgIpc) is 2.59. The van der Waals surface area contributed by atoms with E-state index in [9.17, 15) is 4.79 Å². The van der Waals surface area contributed by atoms with Gasteiger partial charge in [0.2, 0.25) is 0 Å². The second-order valence-electron chi connectivity index (χ2n) is 5.25. The van der Waals surface area contributed by atoms with Crippen LogP contribution in [0.15, 0.2) is 42.5 Å². The maximum atomic E-state index is 12.0. The molecule has 0 aliphatic rings. The van der Waals surface area contributed by atoms with Crippen molar-refractivity contribution in [1.29, 1.82) is 5.26 Å². The van der Waals surface area contributed by atoms with Gasteiger partial charge in [-0.2, -0.15) is 5.26 Å². The summed E-state index contributed by atoms with van der Waals surface area (Å²) >= 11 is 0. The zero-order valence-electron chi connectivity index (χ0n) is 13.2. The van der Waals surface area contributed by atoms with Crippen LogP contribution in [-0.4, -0.2) is 24.6 Å². The molecule has 0 aliphatic heterocycles. The highest BCUT2D eigenvalue weighted by atomic mass is 16.5. The van der Waals surface area contributed by atoms with Gasteiger partial charge >= 0.3 is 5.97 Å². The molecular weight excluding hydrogens is 290 g/mol. The number of esters is 1. The maximum absolute atomic E-state index is 12.0. The molecule has 1 aromatic heterocycles. The summed E-state index contributed by atoms with van der Waals surface area (Å²) in [6.45, 7) is 2.41. The molecule has 2 rings (SSSR count). The van der Waals surface area contributed by atoms with Crippen LogP contribution in [0.3, 0.4) is 0 Å². The Morgan fingerprint density at radius 2 is 2.09 bits per heavy atom. The normalized spacial score (nSPS) is 11.3. The summed E-state index contributed by atoms with van der Waals surface area (Å²) in [6.07, 6.45) is 0.588. The SMILES string of the molecule is COC(=O)C(CNc1cccc(C#N)n1)Cc1ccccc1C. The summed E-state index contributed by atoms with van der Waals surface area (Å²) in [7, 11) is 1.39. The van der Waals surface area contributed by atoms with Crippen molar-refractivity contribution in [2.24, 2.45) is 5.92 Å². The lowest BCUT2D eigenvalue weighted by Gasteiger charge is -2.17. The summed E-state index contributed by atoms with van der Waals surface area (Å²) in [6, 6.07) is 15.1. The molecule has 0 radical (unpaired) electrons. The Balaban J connectivity index is 2.08. The zero-order valence-corrected chi connectivity index (χ0v) is 13.2. The van der Waals surface area contributed by atoms with Crippen LogP contribution in [0.5, 0.6) is 0 Å². The fourth-order valence-corrected chi connectivity index (χ4v) is 2.33. The fraction of sp³-hybridized carbons (Fsp3) is 0.278. The second kappa shape index (κ2) is 7.95. The Morgan fingerprint density at radius 1 is 1.30 bits per heavy atom. The lowest BCUT2D eigenvalue weighted by molar-refractivity contribution is -0.144. The number of benzene rings is 1. The second-order valence-corrected chi connectivity index (χ2v) is 5.25. The molecule has 1 atom stereocenters. The molecule has 1 unspecified atom stereocenters. The highest BCUT2D eigenvalue weighted by molar-refractivity contribution is 5.73. The molecule has 0 aliphatic carbocycles. The lowest BCUT2D eigenvalue weighted by Crippen LogP contribution is -2.27. The largest absolute Gasteiger partial charge is 0.469 e. The first kappa shape index (κ1) is 16.5. The van der Waals surface area contributed by atoms with Gasteiger partial charge in [-0.1, -0.05) is 30.3 Å². The number of nitrogens with one attached hydrogen (secondary N) is 1. The van der Waals surface area contributed by atoms with Crippen LogP contribution in [0.25, 0.3) is 0 Å². The number of carbonyl (C=O) groups is 1. The number of aryl methyl sites for hydroxylation is 1. The van der Waals surface area contributed by atoms with Gasteiger partial charge in [-0.05, 0) is 36.6 Å². The van der Waals surface area contributed by atoms with Crippen molar-refractivity contribution in [1.82, 2.24) is 4.98 Å². The van der Waals surface area contributed by atoms with Crippen LogP contribution in [0.1, 0.15) is 16.8 Å². The minimum atomic E-state index is -0.325. The number of nitriles is 1. The predicted octanol–water partition coefficient (Wildman–Crippen LogP) is 2.71. The molecule has 5 nitrogen and oxygen atoms in total. The van der Waals surface area contributed by atoms with Crippen molar-refractivity contribution in [2.75, 3.05) is 19.0 Å². The van der Waals surface area contributed by atoms with E-state index in [1.54, 1.807) is 18.2 Å². The minimum absolute atomic E-state index is 0.266. The molecule has 1 aromatic carbocycles. The quantitative estimate of drug-likeness (QED) is 0.830. The third-order valence-corrected chi connectivity index (χ3v) is 3.66. The van der Waals surface area contributed by atoms with Crippen LogP contribution >= 0.6 is 0 Å². The van der Waals surface area contributed by atoms with E-state index in [0.29, 0.717) is 24.5 Å². The van der Waals surface area contributed by atoms with Crippen molar-refractivity contribution < 1.29 is 9.53 Å². The third kappa shape index (κ3) is 4.55. The van der Waals surface area contributed by atoms with Gasteiger partial charge < -0.3 is 10.1 Å². The molecule has 0 saturated carbocycles. The summed E-state index contributed by atoms with van der Waals surface area (Å²) in [5, 5.41) is 12.0. The smallest absolute Gasteiger partial charge is 0.310 e. The number of hydrogen-bond donors (Lipinski definition) is 1. The molecule has 1 heterocycles. The number of carbonyl (C=O) groups excluding carboxylic acids is 1. The molecular formula is C18H19N3O2. The first-order valence-electron chi connectivity index (χ1n) is 7.37. The topological polar surface area (TPSA) is 75.0 Å². The molecule has 2 aromatic rings. The number of aromatic nitrogens is 1. The van der Waals surface area contributed by atoms with E-state index in [1.807, 2.05) is 37.3 Å². The van der Waals surface area contributed by atoms with E-state index in [1.165, 1.54) is 7.11 Å². The Labute approximate surface area is 135 Å². The Kier molecular flexibility index (Phi) is 5.70. The fourth-order valence-electron chi connectivity index (χ4n) is 2.33. The van der Waals surface area contributed by atoms with Crippen molar-refractivity contribution >= 4 is 11.8 Å². The molecule has 1 N–H and O–H groups in total. The van der Waals surface area contributed by atoms with Gasteiger partial charge in [-0.15, -0.1) is 0 Å². The summed E-state index contributed by atoms with van der Waals surface area (Å²) in [5.41, 5.74) is 2.60. The Morgan fingerprint density at radius 3 is 2.78 bits per heavy atom. The van der Waals surface area contributed by atoms with Crippen molar-refractivity contribution in [3.8, 4) is 6.07 Å². The zero-order chi connectivity index (χ0) is 16.7. The molecule has 0 fully saturated rings. The van der Waals surface area contributed by atoms with Crippen molar-refractivity contribution in [3.63, 3.8) is 0 Å². The monoisotopic (exact) mass is 309 g/mol. The molecule has 0 saturated heterocycles. The first-order chi connectivity index (χ1) is 11.1. The summed E-state index contributed by atoms with van der Waals surface area (Å²) < 4.78 is 4.91. The Bertz CT molecular complexity index is 722. The molecule has 0 spiro atoms. The number of pyridine rings is 1. The number of rotatable bonds is 6. The summed E-state index contributed by atoms with van der Waals surface area (Å²) in [4.78, 5) is 16.2. The van der Waals surface area contributed by atoms with Crippen LogP contribution in [0, 0.1) is 24.2 Å². The van der Waals surface area contributed by atoms with Gasteiger partial charge in [0.1, 0.15) is 17.6 Å². The molecule has 118 valence electrons. The molecule has 23 heavy (non-hydrogen) atoms. The van der Waals surface area contributed by atoms with Crippen LogP contribution in [0.2, 0.25) is 0 Å². The average molecular weight is 309 g/mol. The van der Waals surface area contributed by atoms with Gasteiger partial charge in [0.15, 0.2) is 0 Å². The van der Waals surface area contributed by atoms with Gasteiger partial charge in [0, 0.05) is 6.54 Å². The van der Waals surface area contributed by atoms with E-state index in [2.05, 4.69) is 10.3 Å². The van der Waals surface area contributed by atoms with E-state index < -0.39 is 0 Å². The predicted molar refractivity (Wildman–Crippen MR) is 87.8 cm³/mol. The number of anilines is 1.